The Bertz CT molecular complexity index is 1220. The Morgan fingerprint density at radius 1 is 0.586 bits per heavy atom. The molecule has 4 aromatic carbocycles. The van der Waals surface area contributed by atoms with E-state index in [-0.39, 0.29) is 6.04 Å². The number of benzene rings is 4. The minimum atomic E-state index is -0.116. The molecule has 0 unspecified atom stereocenters. The van der Waals surface area contributed by atoms with E-state index in [9.17, 15) is 0 Å². The molecule has 138 valence electrons. The number of hydrogen-bond donors (Lipinski definition) is 0. The highest BCUT2D eigenvalue weighted by molar-refractivity contribution is 5.90. The maximum atomic E-state index is 5.05. The van der Waals surface area contributed by atoms with Gasteiger partial charge in [-0.25, -0.2) is 0 Å². The monoisotopic (exact) mass is 372 g/mol. The molecule has 0 amide bonds. The molecule has 5 rings (SSSR count). The molecule has 1 heterocycles. The van der Waals surface area contributed by atoms with Crippen LogP contribution in [-0.2, 0) is 0 Å². The van der Waals surface area contributed by atoms with Crippen LogP contribution in [0, 0.1) is 0 Å². The third-order valence-corrected chi connectivity index (χ3v) is 5.28. The van der Waals surface area contributed by atoms with Gasteiger partial charge in [-0.1, -0.05) is 91.0 Å². The quantitative estimate of drug-likeness (QED) is 0.326. The SMILES string of the molecule is C(=N\C(c1cccc2ccccc12)c1cccc2ccccc12)/c1ccccn1. The summed E-state index contributed by atoms with van der Waals surface area (Å²) in [7, 11) is 0. The Labute approximate surface area is 170 Å². The van der Waals surface area contributed by atoms with Gasteiger partial charge in [-0.05, 0) is 44.8 Å². The molecule has 0 saturated heterocycles. The fourth-order valence-electron chi connectivity index (χ4n) is 3.91. The summed E-state index contributed by atoms with van der Waals surface area (Å²) in [6.07, 6.45) is 3.68. The standard InChI is InChI=1S/C27H20N2/c1-3-14-23-20(9-1)11-7-16-25(23)27(29-19-22-13-5-6-18-28-22)26-17-8-12-21-10-2-4-15-24(21)26/h1-19,27H/b29-19+. The van der Waals surface area contributed by atoms with Gasteiger partial charge in [0.15, 0.2) is 0 Å². The first-order valence-electron chi connectivity index (χ1n) is 9.80. The Morgan fingerprint density at radius 2 is 1.14 bits per heavy atom. The highest BCUT2D eigenvalue weighted by Gasteiger charge is 2.17. The van der Waals surface area contributed by atoms with Crippen LogP contribution >= 0.6 is 0 Å². The zero-order chi connectivity index (χ0) is 19.5. The van der Waals surface area contributed by atoms with Gasteiger partial charge in [-0.3, -0.25) is 9.98 Å². The molecule has 0 spiro atoms. The molecular formula is C27H20N2. The topological polar surface area (TPSA) is 25.2 Å². The van der Waals surface area contributed by atoms with Crippen molar-refractivity contribution in [2.45, 2.75) is 6.04 Å². The highest BCUT2D eigenvalue weighted by atomic mass is 14.8. The van der Waals surface area contributed by atoms with Crippen molar-refractivity contribution < 1.29 is 0 Å². The first-order chi connectivity index (χ1) is 14.4. The van der Waals surface area contributed by atoms with E-state index in [1.165, 1.54) is 32.7 Å². The van der Waals surface area contributed by atoms with Crippen LogP contribution in [0.1, 0.15) is 22.9 Å². The lowest BCUT2D eigenvalue weighted by molar-refractivity contribution is 0.896. The lowest BCUT2D eigenvalue weighted by Gasteiger charge is -2.18. The van der Waals surface area contributed by atoms with E-state index in [4.69, 9.17) is 4.99 Å². The average molecular weight is 372 g/mol. The minimum absolute atomic E-state index is 0.116. The molecule has 0 fully saturated rings. The summed E-state index contributed by atoms with van der Waals surface area (Å²) in [5, 5.41) is 4.91. The first kappa shape index (κ1) is 17.3. The number of rotatable bonds is 4. The number of hydrogen-bond acceptors (Lipinski definition) is 2. The maximum Gasteiger partial charge on any atom is 0.101 e. The lowest BCUT2D eigenvalue weighted by Crippen LogP contribution is -2.02. The van der Waals surface area contributed by atoms with Crippen molar-refractivity contribution in [3.8, 4) is 0 Å². The molecule has 0 radical (unpaired) electrons. The molecule has 2 nitrogen and oxygen atoms in total. The Morgan fingerprint density at radius 3 is 1.72 bits per heavy atom. The smallest absolute Gasteiger partial charge is 0.101 e. The number of aromatic nitrogens is 1. The van der Waals surface area contributed by atoms with Gasteiger partial charge < -0.3 is 0 Å². The van der Waals surface area contributed by atoms with Gasteiger partial charge in [-0.2, -0.15) is 0 Å². The van der Waals surface area contributed by atoms with E-state index in [0.29, 0.717) is 0 Å². The van der Waals surface area contributed by atoms with Gasteiger partial charge in [0, 0.05) is 12.4 Å². The molecule has 0 bridgehead atoms. The summed E-state index contributed by atoms with van der Waals surface area (Å²) < 4.78 is 0. The average Bonchev–Trinajstić information content (AvgIpc) is 2.80. The van der Waals surface area contributed by atoms with Crippen LogP contribution in [0.25, 0.3) is 21.5 Å². The minimum Gasteiger partial charge on any atom is -0.278 e. The van der Waals surface area contributed by atoms with Crippen LogP contribution < -0.4 is 0 Å². The van der Waals surface area contributed by atoms with Crippen LogP contribution in [0.3, 0.4) is 0 Å². The van der Waals surface area contributed by atoms with Crippen molar-refractivity contribution in [3.63, 3.8) is 0 Å². The van der Waals surface area contributed by atoms with Crippen molar-refractivity contribution in [3.05, 3.63) is 126 Å². The molecule has 0 N–H and O–H groups in total. The van der Waals surface area contributed by atoms with Gasteiger partial charge in [0.25, 0.3) is 0 Å². The molecule has 0 saturated carbocycles. The predicted octanol–water partition coefficient (Wildman–Crippen LogP) is 6.60. The van der Waals surface area contributed by atoms with E-state index >= 15 is 0 Å². The van der Waals surface area contributed by atoms with Crippen molar-refractivity contribution in [2.24, 2.45) is 4.99 Å². The Hall–Kier alpha value is -3.78. The van der Waals surface area contributed by atoms with Crippen LogP contribution in [0.4, 0.5) is 0 Å². The van der Waals surface area contributed by atoms with Crippen LogP contribution in [-0.4, -0.2) is 11.2 Å². The number of fused-ring (bicyclic) bond motifs is 2. The largest absolute Gasteiger partial charge is 0.278 e. The molecule has 1 aromatic heterocycles. The summed E-state index contributed by atoms with van der Waals surface area (Å²) in [5.41, 5.74) is 3.26. The van der Waals surface area contributed by atoms with Gasteiger partial charge in [-0.15, -0.1) is 0 Å². The summed E-state index contributed by atoms with van der Waals surface area (Å²) in [6.45, 7) is 0. The third-order valence-electron chi connectivity index (χ3n) is 5.28. The third kappa shape index (κ3) is 3.41. The van der Waals surface area contributed by atoms with Crippen molar-refractivity contribution >= 4 is 27.8 Å². The van der Waals surface area contributed by atoms with Crippen LogP contribution in [0.15, 0.2) is 114 Å². The van der Waals surface area contributed by atoms with Gasteiger partial charge >= 0.3 is 0 Å². The van der Waals surface area contributed by atoms with Crippen LogP contribution in [0.5, 0.6) is 0 Å². The summed E-state index contributed by atoms with van der Waals surface area (Å²) in [6, 6.07) is 35.7. The van der Waals surface area contributed by atoms with E-state index in [0.717, 1.165) is 5.69 Å². The number of aliphatic imine (C=N–C) groups is 1. The first-order valence-corrected chi connectivity index (χ1v) is 9.80. The zero-order valence-electron chi connectivity index (χ0n) is 15.9. The summed E-state index contributed by atoms with van der Waals surface area (Å²) in [5.74, 6) is 0. The molecule has 29 heavy (non-hydrogen) atoms. The summed E-state index contributed by atoms with van der Waals surface area (Å²) in [4.78, 5) is 9.46. The molecular weight excluding hydrogens is 352 g/mol. The Kier molecular flexibility index (Phi) is 4.59. The molecule has 0 aliphatic heterocycles. The van der Waals surface area contributed by atoms with Gasteiger partial charge in [0.05, 0.1) is 5.69 Å². The van der Waals surface area contributed by atoms with Crippen molar-refractivity contribution in [1.29, 1.82) is 0 Å². The number of nitrogens with zero attached hydrogens (tertiary/aromatic N) is 2. The Balaban J connectivity index is 1.74. The second-order valence-electron chi connectivity index (χ2n) is 7.07. The zero-order valence-corrected chi connectivity index (χ0v) is 15.9. The van der Waals surface area contributed by atoms with E-state index < -0.39 is 0 Å². The molecule has 0 aliphatic carbocycles. The fourth-order valence-corrected chi connectivity index (χ4v) is 3.91. The highest BCUT2D eigenvalue weighted by Crippen LogP contribution is 2.35. The van der Waals surface area contributed by atoms with E-state index in [1.807, 2.05) is 24.4 Å². The van der Waals surface area contributed by atoms with Crippen molar-refractivity contribution in [2.75, 3.05) is 0 Å². The molecule has 0 atom stereocenters. The maximum absolute atomic E-state index is 5.05. The van der Waals surface area contributed by atoms with E-state index in [2.05, 4.69) is 89.9 Å². The molecule has 5 aromatic rings. The lowest BCUT2D eigenvalue weighted by atomic mass is 9.91. The second kappa shape index (κ2) is 7.69. The van der Waals surface area contributed by atoms with Gasteiger partial charge in [0.1, 0.15) is 6.04 Å². The normalized spacial score (nSPS) is 11.6. The molecule has 0 aliphatic rings. The van der Waals surface area contributed by atoms with Crippen LogP contribution in [0.2, 0.25) is 0 Å². The summed E-state index contributed by atoms with van der Waals surface area (Å²) >= 11 is 0. The fraction of sp³-hybridized carbons (Fsp3) is 0.0370. The molecule has 2 heteroatoms. The van der Waals surface area contributed by atoms with E-state index in [1.54, 1.807) is 6.20 Å². The van der Waals surface area contributed by atoms with Gasteiger partial charge in [0.2, 0.25) is 0 Å². The second-order valence-corrected chi connectivity index (χ2v) is 7.07. The predicted molar refractivity (Wildman–Crippen MR) is 122 cm³/mol. The van der Waals surface area contributed by atoms with Crippen molar-refractivity contribution in [1.82, 2.24) is 4.98 Å². The number of pyridine rings is 1.